The maximum absolute atomic E-state index is 4.43. The van der Waals surface area contributed by atoms with Crippen LogP contribution in [0, 0.1) is 13.8 Å². The summed E-state index contributed by atoms with van der Waals surface area (Å²) >= 11 is 0. The first-order valence-corrected chi connectivity index (χ1v) is 6.68. The van der Waals surface area contributed by atoms with Gasteiger partial charge >= 0.3 is 0 Å². The van der Waals surface area contributed by atoms with Gasteiger partial charge in [-0.2, -0.15) is 0 Å². The van der Waals surface area contributed by atoms with E-state index in [0.29, 0.717) is 0 Å². The molecule has 3 aromatic rings. The lowest BCUT2D eigenvalue weighted by Gasteiger charge is -2.05. The highest BCUT2D eigenvalue weighted by atomic mass is 14.8. The Hall–Kier alpha value is -2.48. The van der Waals surface area contributed by atoms with Gasteiger partial charge in [0, 0.05) is 12.4 Å². The number of benzene rings is 1. The number of aryl methyl sites for hydroxylation is 2. The molecule has 1 aromatic carbocycles. The van der Waals surface area contributed by atoms with Crippen LogP contribution in [0.25, 0.3) is 22.5 Å². The van der Waals surface area contributed by atoms with E-state index in [-0.39, 0.29) is 0 Å². The van der Waals surface area contributed by atoms with Crippen LogP contribution in [0.15, 0.2) is 60.9 Å². The van der Waals surface area contributed by atoms with Crippen molar-refractivity contribution in [3.8, 4) is 22.5 Å². The van der Waals surface area contributed by atoms with E-state index in [4.69, 9.17) is 0 Å². The zero-order valence-corrected chi connectivity index (χ0v) is 11.7. The van der Waals surface area contributed by atoms with E-state index in [1.54, 1.807) is 0 Å². The summed E-state index contributed by atoms with van der Waals surface area (Å²) in [7, 11) is 0. The molecule has 3 rings (SSSR count). The fraction of sp³-hybridized carbons (Fsp3) is 0.111. The van der Waals surface area contributed by atoms with Crippen LogP contribution in [0.4, 0.5) is 0 Å². The van der Waals surface area contributed by atoms with Crippen molar-refractivity contribution in [1.29, 1.82) is 0 Å². The topological polar surface area (TPSA) is 25.8 Å². The van der Waals surface area contributed by atoms with Gasteiger partial charge in [0.05, 0.1) is 11.4 Å². The Bertz CT molecular complexity index is 730. The van der Waals surface area contributed by atoms with Gasteiger partial charge in [-0.3, -0.25) is 9.97 Å². The highest BCUT2D eigenvalue weighted by molar-refractivity contribution is 5.69. The van der Waals surface area contributed by atoms with Gasteiger partial charge in [0.2, 0.25) is 0 Å². The summed E-state index contributed by atoms with van der Waals surface area (Å²) in [4.78, 5) is 8.83. The van der Waals surface area contributed by atoms with Gasteiger partial charge in [-0.05, 0) is 54.8 Å². The maximum Gasteiger partial charge on any atom is 0.0892 e. The van der Waals surface area contributed by atoms with Gasteiger partial charge in [-0.15, -0.1) is 0 Å². The lowest BCUT2D eigenvalue weighted by atomic mass is 10.0. The summed E-state index contributed by atoms with van der Waals surface area (Å²) in [5, 5.41) is 0. The van der Waals surface area contributed by atoms with Crippen molar-refractivity contribution in [2.75, 3.05) is 0 Å². The summed E-state index contributed by atoms with van der Waals surface area (Å²) in [6.45, 7) is 4.16. The second-order valence-corrected chi connectivity index (χ2v) is 5.01. The van der Waals surface area contributed by atoms with Gasteiger partial charge in [0.15, 0.2) is 0 Å². The normalized spacial score (nSPS) is 10.5. The Labute approximate surface area is 119 Å². The Balaban J connectivity index is 2.03. The molecular weight excluding hydrogens is 244 g/mol. The van der Waals surface area contributed by atoms with Crippen LogP contribution in [0.2, 0.25) is 0 Å². The van der Waals surface area contributed by atoms with Crippen LogP contribution in [0.1, 0.15) is 11.1 Å². The zero-order valence-electron chi connectivity index (χ0n) is 11.7. The molecule has 0 radical (unpaired) electrons. The fourth-order valence-electron chi connectivity index (χ4n) is 2.17. The highest BCUT2D eigenvalue weighted by Gasteiger charge is 2.04. The summed E-state index contributed by atoms with van der Waals surface area (Å²) in [5.41, 5.74) is 6.65. The predicted octanol–water partition coefficient (Wildman–Crippen LogP) is 4.43. The van der Waals surface area contributed by atoms with Gasteiger partial charge in [-0.1, -0.05) is 29.8 Å². The van der Waals surface area contributed by atoms with Crippen LogP contribution in [-0.2, 0) is 0 Å². The molecule has 0 bridgehead atoms. The van der Waals surface area contributed by atoms with Crippen LogP contribution in [0.3, 0.4) is 0 Å². The number of pyridine rings is 2. The van der Waals surface area contributed by atoms with E-state index in [2.05, 4.69) is 60.2 Å². The summed E-state index contributed by atoms with van der Waals surface area (Å²) < 4.78 is 0. The smallest absolute Gasteiger partial charge is 0.0892 e. The molecule has 0 saturated heterocycles. The third-order valence-corrected chi connectivity index (χ3v) is 3.32. The Morgan fingerprint density at radius 3 is 1.95 bits per heavy atom. The standard InChI is InChI=1S/C18H16N2/c1-13-3-5-15(6-4-13)16-8-10-20-18(12-16)17-11-14(2)7-9-19-17/h3-12H,1-2H3. The Morgan fingerprint density at radius 1 is 0.600 bits per heavy atom. The summed E-state index contributed by atoms with van der Waals surface area (Å²) in [6, 6.07) is 16.7. The third kappa shape index (κ3) is 2.59. The number of nitrogens with zero attached hydrogens (tertiary/aromatic N) is 2. The molecule has 2 nitrogen and oxygen atoms in total. The minimum atomic E-state index is 0.909. The average Bonchev–Trinajstić information content (AvgIpc) is 2.48. The van der Waals surface area contributed by atoms with Gasteiger partial charge in [-0.25, -0.2) is 0 Å². The first kappa shape index (κ1) is 12.5. The molecular formula is C18H16N2. The Kier molecular flexibility index (Phi) is 3.30. The van der Waals surface area contributed by atoms with Crippen LogP contribution < -0.4 is 0 Å². The molecule has 2 heteroatoms. The van der Waals surface area contributed by atoms with Crippen molar-refractivity contribution in [2.24, 2.45) is 0 Å². The second-order valence-electron chi connectivity index (χ2n) is 5.01. The number of rotatable bonds is 2. The van der Waals surface area contributed by atoms with E-state index < -0.39 is 0 Å². The van der Waals surface area contributed by atoms with Gasteiger partial charge in [0.1, 0.15) is 0 Å². The molecule has 0 spiro atoms. The van der Waals surface area contributed by atoms with Crippen LogP contribution in [0.5, 0.6) is 0 Å². The van der Waals surface area contributed by atoms with Crippen molar-refractivity contribution in [2.45, 2.75) is 13.8 Å². The highest BCUT2D eigenvalue weighted by Crippen LogP contribution is 2.24. The van der Waals surface area contributed by atoms with E-state index in [0.717, 1.165) is 11.4 Å². The molecule has 0 atom stereocenters. The molecule has 0 aliphatic carbocycles. The van der Waals surface area contributed by atoms with Crippen LogP contribution >= 0.6 is 0 Å². The van der Waals surface area contributed by atoms with Crippen molar-refractivity contribution in [3.05, 3.63) is 72.1 Å². The minimum absolute atomic E-state index is 0.909. The molecule has 2 heterocycles. The molecule has 0 fully saturated rings. The van der Waals surface area contributed by atoms with E-state index in [1.807, 2.05) is 24.5 Å². The zero-order chi connectivity index (χ0) is 13.9. The monoisotopic (exact) mass is 260 g/mol. The largest absolute Gasteiger partial charge is 0.255 e. The van der Waals surface area contributed by atoms with E-state index >= 15 is 0 Å². The van der Waals surface area contributed by atoms with Crippen molar-refractivity contribution in [3.63, 3.8) is 0 Å². The molecule has 2 aromatic heterocycles. The third-order valence-electron chi connectivity index (χ3n) is 3.32. The molecule has 98 valence electrons. The van der Waals surface area contributed by atoms with Crippen molar-refractivity contribution < 1.29 is 0 Å². The molecule has 0 N–H and O–H groups in total. The molecule has 0 aliphatic rings. The van der Waals surface area contributed by atoms with Crippen LogP contribution in [-0.4, -0.2) is 9.97 Å². The summed E-state index contributed by atoms with van der Waals surface area (Å²) in [6.07, 6.45) is 3.67. The SMILES string of the molecule is Cc1ccc(-c2ccnc(-c3cc(C)ccn3)c2)cc1. The summed E-state index contributed by atoms with van der Waals surface area (Å²) in [5.74, 6) is 0. The first-order valence-electron chi connectivity index (χ1n) is 6.68. The quantitative estimate of drug-likeness (QED) is 0.681. The van der Waals surface area contributed by atoms with Gasteiger partial charge < -0.3 is 0 Å². The van der Waals surface area contributed by atoms with E-state index in [1.165, 1.54) is 22.3 Å². The maximum atomic E-state index is 4.43. The lowest BCUT2D eigenvalue weighted by molar-refractivity contribution is 1.23. The molecule has 20 heavy (non-hydrogen) atoms. The lowest BCUT2D eigenvalue weighted by Crippen LogP contribution is -1.89. The van der Waals surface area contributed by atoms with Crippen molar-refractivity contribution in [1.82, 2.24) is 9.97 Å². The molecule has 0 unspecified atom stereocenters. The van der Waals surface area contributed by atoms with Gasteiger partial charge in [0.25, 0.3) is 0 Å². The van der Waals surface area contributed by atoms with E-state index in [9.17, 15) is 0 Å². The number of hydrogen-bond acceptors (Lipinski definition) is 2. The average molecular weight is 260 g/mol. The molecule has 0 aliphatic heterocycles. The molecule has 0 amide bonds. The first-order chi connectivity index (χ1) is 9.72. The minimum Gasteiger partial charge on any atom is -0.255 e. The van der Waals surface area contributed by atoms with Crippen molar-refractivity contribution >= 4 is 0 Å². The second kappa shape index (κ2) is 5.25. The number of aromatic nitrogens is 2. The fourth-order valence-corrected chi connectivity index (χ4v) is 2.17. The number of hydrogen-bond donors (Lipinski definition) is 0. The molecule has 0 saturated carbocycles. The Morgan fingerprint density at radius 2 is 1.25 bits per heavy atom. The predicted molar refractivity (Wildman–Crippen MR) is 82.4 cm³/mol.